The maximum atomic E-state index is 9.88. The fraction of sp³-hybridized carbons (Fsp3) is 0.455. The lowest BCUT2D eigenvalue weighted by Crippen LogP contribution is -2.26. The van der Waals surface area contributed by atoms with Gasteiger partial charge in [-0.2, -0.15) is 0 Å². The Labute approximate surface area is 83.9 Å². The summed E-state index contributed by atoms with van der Waals surface area (Å²) in [7, 11) is 3.67. The summed E-state index contributed by atoms with van der Waals surface area (Å²) in [5, 5.41) is 9.88. The maximum absolute atomic E-state index is 9.88. The molecule has 0 saturated carbocycles. The third-order valence-corrected chi connectivity index (χ3v) is 2.75. The van der Waals surface area contributed by atoms with E-state index in [-0.39, 0.29) is 0 Å². The van der Waals surface area contributed by atoms with E-state index in [9.17, 15) is 5.11 Å². The van der Waals surface area contributed by atoms with Crippen LogP contribution in [0.1, 0.15) is 11.1 Å². The van der Waals surface area contributed by atoms with Gasteiger partial charge in [0.2, 0.25) is 0 Å². The van der Waals surface area contributed by atoms with Crippen molar-refractivity contribution in [3.8, 4) is 11.5 Å². The Kier molecular flexibility index (Phi) is 2.33. The SMILES string of the molecule is COc1ccc2c(c1O)CCN(C)C2. The molecule has 0 bridgehead atoms. The van der Waals surface area contributed by atoms with E-state index in [1.54, 1.807) is 7.11 Å². The molecule has 14 heavy (non-hydrogen) atoms. The molecular weight excluding hydrogens is 178 g/mol. The van der Waals surface area contributed by atoms with Gasteiger partial charge in [-0.1, -0.05) is 6.07 Å². The lowest BCUT2D eigenvalue weighted by Gasteiger charge is -2.25. The molecule has 1 aliphatic rings. The number of rotatable bonds is 1. The molecule has 76 valence electrons. The number of phenols is 1. The first kappa shape index (κ1) is 9.34. The highest BCUT2D eigenvalue weighted by molar-refractivity contribution is 5.50. The van der Waals surface area contributed by atoms with E-state index in [1.807, 2.05) is 12.1 Å². The summed E-state index contributed by atoms with van der Waals surface area (Å²) >= 11 is 0. The first-order chi connectivity index (χ1) is 6.72. The maximum Gasteiger partial charge on any atom is 0.161 e. The molecule has 0 atom stereocenters. The van der Waals surface area contributed by atoms with E-state index >= 15 is 0 Å². The highest BCUT2D eigenvalue weighted by Gasteiger charge is 2.18. The van der Waals surface area contributed by atoms with E-state index in [2.05, 4.69) is 11.9 Å². The predicted molar refractivity (Wildman–Crippen MR) is 54.7 cm³/mol. The minimum absolute atomic E-state index is 0.318. The Hall–Kier alpha value is -1.22. The van der Waals surface area contributed by atoms with Crippen LogP contribution in [0, 0.1) is 0 Å². The van der Waals surface area contributed by atoms with Crippen molar-refractivity contribution < 1.29 is 9.84 Å². The van der Waals surface area contributed by atoms with E-state index < -0.39 is 0 Å². The van der Waals surface area contributed by atoms with Crippen LogP contribution < -0.4 is 4.74 Å². The number of hydrogen-bond donors (Lipinski definition) is 1. The van der Waals surface area contributed by atoms with E-state index in [1.165, 1.54) is 5.56 Å². The normalized spacial score (nSPS) is 16.4. The molecule has 0 unspecified atom stereocenters. The van der Waals surface area contributed by atoms with Gasteiger partial charge < -0.3 is 14.7 Å². The predicted octanol–water partition coefficient (Wildman–Crippen LogP) is 1.39. The van der Waals surface area contributed by atoms with Gasteiger partial charge in [-0.3, -0.25) is 0 Å². The zero-order chi connectivity index (χ0) is 10.1. The Bertz CT molecular complexity index is 349. The van der Waals surface area contributed by atoms with E-state index in [0.717, 1.165) is 25.1 Å². The molecule has 1 aromatic rings. The van der Waals surface area contributed by atoms with Crippen molar-refractivity contribution in [2.75, 3.05) is 20.7 Å². The van der Waals surface area contributed by atoms with Crippen molar-refractivity contribution >= 4 is 0 Å². The third-order valence-electron chi connectivity index (χ3n) is 2.75. The number of nitrogens with zero attached hydrogens (tertiary/aromatic N) is 1. The second kappa shape index (κ2) is 3.50. The van der Waals surface area contributed by atoms with Crippen LogP contribution in [0.15, 0.2) is 12.1 Å². The third kappa shape index (κ3) is 1.44. The fourth-order valence-electron chi connectivity index (χ4n) is 1.92. The second-order valence-electron chi connectivity index (χ2n) is 3.74. The highest BCUT2D eigenvalue weighted by Crippen LogP contribution is 2.34. The number of ether oxygens (including phenoxy) is 1. The summed E-state index contributed by atoms with van der Waals surface area (Å²) in [6.45, 7) is 1.90. The van der Waals surface area contributed by atoms with Crippen LogP contribution in [0.2, 0.25) is 0 Å². The summed E-state index contributed by atoms with van der Waals surface area (Å²) in [6, 6.07) is 3.86. The molecule has 0 radical (unpaired) electrons. The fourth-order valence-corrected chi connectivity index (χ4v) is 1.92. The Morgan fingerprint density at radius 2 is 2.21 bits per heavy atom. The van der Waals surface area contributed by atoms with Gasteiger partial charge in [-0.05, 0) is 25.1 Å². The average molecular weight is 193 g/mol. The molecule has 1 N–H and O–H groups in total. The number of fused-ring (bicyclic) bond motifs is 1. The quantitative estimate of drug-likeness (QED) is 0.731. The molecule has 1 aromatic carbocycles. The zero-order valence-corrected chi connectivity index (χ0v) is 8.58. The summed E-state index contributed by atoms with van der Waals surface area (Å²) < 4.78 is 5.07. The molecule has 0 saturated heterocycles. The molecular formula is C11H15NO2. The van der Waals surface area contributed by atoms with Crippen LogP contribution in [0.25, 0.3) is 0 Å². The van der Waals surface area contributed by atoms with E-state index in [0.29, 0.717) is 11.5 Å². The molecule has 0 aliphatic carbocycles. The average Bonchev–Trinajstić information content (AvgIpc) is 2.18. The largest absolute Gasteiger partial charge is 0.504 e. The van der Waals surface area contributed by atoms with Crippen LogP contribution >= 0.6 is 0 Å². The number of phenolic OH excluding ortho intramolecular Hbond substituents is 1. The van der Waals surface area contributed by atoms with Crippen molar-refractivity contribution in [1.82, 2.24) is 4.90 Å². The molecule has 2 rings (SSSR count). The smallest absolute Gasteiger partial charge is 0.161 e. The van der Waals surface area contributed by atoms with Crippen molar-refractivity contribution in [3.05, 3.63) is 23.3 Å². The van der Waals surface area contributed by atoms with Gasteiger partial charge in [0.05, 0.1) is 7.11 Å². The molecule has 3 heteroatoms. The number of aromatic hydroxyl groups is 1. The standard InChI is InChI=1S/C11H15NO2/c1-12-6-5-9-8(7-12)3-4-10(14-2)11(9)13/h3-4,13H,5-7H2,1-2H3. The van der Waals surface area contributed by atoms with Crippen molar-refractivity contribution in [2.24, 2.45) is 0 Å². The summed E-state index contributed by atoms with van der Waals surface area (Å²) in [5.41, 5.74) is 2.25. The Morgan fingerprint density at radius 1 is 1.43 bits per heavy atom. The lowest BCUT2D eigenvalue weighted by molar-refractivity contribution is 0.304. The summed E-state index contributed by atoms with van der Waals surface area (Å²) in [5.74, 6) is 0.895. The molecule has 0 aromatic heterocycles. The van der Waals surface area contributed by atoms with Gasteiger partial charge in [0.15, 0.2) is 11.5 Å². The molecule has 0 fully saturated rings. The second-order valence-corrected chi connectivity index (χ2v) is 3.74. The minimum atomic E-state index is 0.318. The van der Waals surface area contributed by atoms with Gasteiger partial charge in [0.1, 0.15) is 0 Å². The topological polar surface area (TPSA) is 32.7 Å². The first-order valence-corrected chi connectivity index (χ1v) is 4.78. The molecule has 0 spiro atoms. The highest BCUT2D eigenvalue weighted by atomic mass is 16.5. The first-order valence-electron chi connectivity index (χ1n) is 4.78. The van der Waals surface area contributed by atoms with Crippen molar-refractivity contribution in [3.63, 3.8) is 0 Å². The van der Waals surface area contributed by atoms with Gasteiger partial charge in [0.25, 0.3) is 0 Å². The van der Waals surface area contributed by atoms with Crippen LogP contribution in [0.5, 0.6) is 11.5 Å². The van der Waals surface area contributed by atoms with Gasteiger partial charge in [-0.25, -0.2) is 0 Å². The minimum Gasteiger partial charge on any atom is -0.504 e. The number of methoxy groups -OCH3 is 1. The molecule has 0 amide bonds. The molecule has 1 aliphatic heterocycles. The number of likely N-dealkylation sites (N-methyl/N-ethyl adjacent to an activating group) is 1. The van der Waals surface area contributed by atoms with Gasteiger partial charge >= 0.3 is 0 Å². The van der Waals surface area contributed by atoms with Gasteiger partial charge in [0, 0.05) is 18.7 Å². The Balaban J connectivity index is 2.43. The summed E-state index contributed by atoms with van der Waals surface area (Å²) in [6.07, 6.45) is 0.898. The number of hydrogen-bond acceptors (Lipinski definition) is 3. The zero-order valence-electron chi connectivity index (χ0n) is 8.58. The molecule has 3 nitrogen and oxygen atoms in total. The van der Waals surface area contributed by atoms with Crippen LogP contribution in [0.4, 0.5) is 0 Å². The van der Waals surface area contributed by atoms with Crippen molar-refractivity contribution in [2.45, 2.75) is 13.0 Å². The van der Waals surface area contributed by atoms with E-state index in [4.69, 9.17) is 4.74 Å². The summed E-state index contributed by atoms with van der Waals surface area (Å²) in [4.78, 5) is 2.24. The van der Waals surface area contributed by atoms with Crippen molar-refractivity contribution in [1.29, 1.82) is 0 Å². The Morgan fingerprint density at radius 3 is 2.93 bits per heavy atom. The monoisotopic (exact) mass is 193 g/mol. The lowest BCUT2D eigenvalue weighted by atomic mass is 9.98. The van der Waals surface area contributed by atoms with Gasteiger partial charge in [-0.15, -0.1) is 0 Å². The van der Waals surface area contributed by atoms with Crippen LogP contribution in [-0.2, 0) is 13.0 Å². The van der Waals surface area contributed by atoms with Crippen LogP contribution in [0.3, 0.4) is 0 Å². The number of benzene rings is 1. The molecule has 1 heterocycles. The van der Waals surface area contributed by atoms with Crippen LogP contribution in [-0.4, -0.2) is 30.7 Å².